The third kappa shape index (κ3) is 3.51. The Morgan fingerprint density at radius 3 is 2.32 bits per heavy atom. The van der Waals surface area contributed by atoms with E-state index in [1.807, 2.05) is 19.1 Å². The summed E-state index contributed by atoms with van der Waals surface area (Å²) < 4.78 is 31.6. The second kappa shape index (κ2) is 5.80. The Hall–Kier alpha value is -1.94. The zero-order chi connectivity index (χ0) is 13.8. The van der Waals surface area contributed by atoms with Crippen molar-refractivity contribution in [1.29, 1.82) is 0 Å². The molecule has 100 valence electrons. The van der Waals surface area contributed by atoms with Crippen LogP contribution in [0.25, 0.3) is 0 Å². The van der Waals surface area contributed by atoms with E-state index in [9.17, 15) is 8.78 Å². The second-order valence-electron chi connectivity index (χ2n) is 4.35. The van der Waals surface area contributed by atoms with Crippen LogP contribution in [0.2, 0.25) is 0 Å². The molecule has 2 aromatic carbocycles. The molecule has 19 heavy (non-hydrogen) atoms. The van der Waals surface area contributed by atoms with Crippen molar-refractivity contribution in [2.45, 2.75) is 13.3 Å². The summed E-state index contributed by atoms with van der Waals surface area (Å²) in [5.41, 5.74) is 7.50. The maximum Gasteiger partial charge on any atom is 0.133 e. The smallest absolute Gasteiger partial charge is 0.133 e. The lowest BCUT2D eigenvalue weighted by Crippen LogP contribution is -2.02. The molecule has 0 aliphatic heterocycles. The molecule has 0 fully saturated rings. The first kappa shape index (κ1) is 13.5. The number of hydrogen-bond donors (Lipinski definition) is 1. The normalized spacial score (nSPS) is 10.5. The van der Waals surface area contributed by atoms with Crippen LogP contribution in [0.1, 0.15) is 11.1 Å². The number of benzene rings is 2. The molecule has 2 N–H and O–H groups in total. The van der Waals surface area contributed by atoms with Gasteiger partial charge in [0.05, 0.1) is 0 Å². The van der Waals surface area contributed by atoms with Gasteiger partial charge < -0.3 is 10.5 Å². The van der Waals surface area contributed by atoms with Gasteiger partial charge in [-0.05, 0) is 37.1 Å². The van der Waals surface area contributed by atoms with E-state index >= 15 is 0 Å². The molecule has 0 aliphatic carbocycles. The summed E-state index contributed by atoms with van der Waals surface area (Å²) in [5.74, 6) is -0.599. The number of nitrogens with two attached hydrogens (primary N) is 1. The van der Waals surface area contributed by atoms with Gasteiger partial charge in [0.15, 0.2) is 0 Å². The highest BCUT2D eigenvalue weighted by Crippen LogP contribution is 2.27. The third-order valence-electron chi connectivity index (χ3n) is 2.74. The maximum absolute atomic E-state index is 13.1. The minimum Gasteiger partial charge on any atom is -0.457 e. The molecule has 0 heterocycles. The maximum atomic E-state index is 13.1. The minimum atomic E-state index is -0.660. The molecule has 2 nitrogen and oxygen atoms in total. The van der Waals surface area contributed by atoms with Crippen molar-refractivity contribution in [3.8, 4) is 11.5 Å². The molecule has 2 aromatic rings. The van der Waals surface area contributed by atoms with E-state index in [2.05, 4.69) is 0 Å². The molecule has 0 aliphatic rings. The van der Waals surface area contributed by atoms with Gasteiger partial charge in [-0.1, -0.05) is 12.1 Å². The fraction of sp³-hybridized carbons (Fsp3) is 0.200. The average Bonchev–Trinajstić information content (AvgIpc) is 2.32. The highest BCUT2D eigenvalue weighted by atomic mass is 19.1. The largest absolute Gasteiger partial charge is 0.457 e. The van der Waals surface area contributed by atoms with Crippen molar-refractivity contribution in [2.75, 3.05) is 6.54 Å². The monoisotopic (exact) mass is 263 g/mol. The van der Waals surface area contributed by atoms with E-state index < -0.39 is 11.6 Å². The van der Waals surface area contributed by atoms with Gasteiger partial charge in [0.1, 0.15) is 23.1 Å². The zero-order valence-electron chi connectivity index (χ0n) is 10.6. The van der Waals surface area contributed by atoms with Crippen LogP contribution < -0.4 is 10.5 Å². The quantitative estimate of drug-likeness (QED) is 0.915. The topological polar surface area (TPSA) is 35.2 Å². The van der Waals surface area contributed by atoms with E-state index in [-0.39, 0.29) is 5.75 Å². The summed E-state index contributed by atoms with van der Waals surface area (Å²) in [6.07, 6.45) is 0.787. The molecular formula is C15H15F2NO. The third-order valence-corrected chi connectivity index (χ3v) is 2.74. The molecule has 0 saturated carbocycles. The van der Waals surface area contributed by atoms with Crippen LogP contribution in [0.15, 0.2) is 36.4 Å². The number of rotatable bonds is 4. The molecule has 0 unspecified atom stereocenters. The fourth-order valence-corrected chi connectivity index (χ4v) is 1.86. The SMILES string of the molecule is Cc1cc(CCN)ccc1Oc1cc(F)cc(F)c1. The molecule has 0 saturated heterocycles. The number of aryl methyl sites for hydroxylation is 1. The lowest BCUT2D eigenvalue weighted by molar-refractivity contribution is 0.465. The van der Waals surface area contributed by atoms with Gasteiger partial charge in [-0.25, -0.2) is 8.78 Å². The van der Waals surface area contributed by atoms with Crippen LogP contribution >= 0.6 is 0 Å². The summed E-state index contributed by atoms with van der Waals surface area (Å²) in [6, 6.07) is 8.74. The Bertz CT molecular complexity index is 564. The van der Waals surface area contributed by atoms with Crippen molar-refractivity contribution in [3.05, 3.63) is 59.2 Å². The van der Waals surface area contributed by atoms with Gasteiger partial charge in [-0.2, -0.15) is 0 Å². The predicted octanol–water partition coefficient (Wildman–Crippen LogP) is 3.57. The molecule has 0 atom stereocenters. The molecule has 0 bridgehead atoms. The summed E-state index contributed by atoms with van der Waals surface area (Å²) in [6.45, 7) is 2.46. The summed E-state index contributed by atoms with van der Waals surface area (Å²) in [7, 11) is 0. The number of halogens is 2. The zero-order valence-corrected chi connectivity index (χ0v) is 10.6. The van der Waals surface area contributed by atoms with Crippen molar-refractivity contribution in [2.24, 2.45) is 5.73 Å². The summed E-state index contributed by atoms with van der Waals surface area (Å²) in [4.78, 5) is 0. The molecular weight excluding hydrogens is 248 g/mol. The fourth-order valence-electron chi connectivity index (χ4n) is 1.86. The van der Waals surface area contributed by atoms with Gasteiger partial charge in [0, 0.05) is 18.2 Å². The lowest BCUT2D eigenvalue weighted by atomic mass is 10.1. The lowest BCUT2D eigenvalue weighted by Gasteiger charge is -2.10. The van der Waals surface area contributed by atoms with Crippen molar-refractivity contribution in [3.63, 3.8) is 0 Å². The van der Waals surface area contributed by atoms with Crippen LogP contribution in [-0.2, 0) is 6.42 Å². The van der Waals surface area contributed by atoms with Gasteiger partial charge in [0.2, 0.25) is 0 Å². The average molecular weight is 263 g/mol. The van der Waals surface area contributed by atoms with Crippen LogP contribution in [0.4, 0.5) is 8.78 Å². The van der Waals surface area contributed by atoms with E-state index in [1.165, 1.54) is 0 Å². The van der Waals surface area contributed by atoms with Gasteiger partial charge in [-0.15, -0.1) is 0 Å². The van der Waals surface area contributed by atoms with E-state index in [4.69, 9.17) is 10.5 Å². The Kier molecular flexibility index (Phi) is 4.12. The van der Waals surface area contributed by atoms with E-state index in [0.717, 1.165) is 35.7 Å². The molecule has 0 spiro atoms. The van der Waals surface area contributed by atoms with Crippen molar-refractivity contribution in [1.82, 2.24) is 0 Å². The van der Waals surface area contributed by atoms with Crippen LogP contribution in [0.3, 0.4) is 0 Å². The number of hydrogen-bond acceptors (Lipinski definition) is 2. The van der Waals surface area contributed by atoms with E-state index in [1.54, 1.807) is 6.07 Å². The first-order chi connectivity index (χ1) is 9.08. The first-order valence-electron chi connectivity index (χ1n) is 6.02. The highest BCUT2D eigenvalue weighted by Gasteiger charge is 2.06. The molecule has 0 amide bonds. The predicted molar refractivity (Wildman–Crippen MR) is 70.4 cm³/mol. The Morgan fingerprint density at radius 2 is 1.74 bits per heavy atom. The standard InChI is InChI=1S/C15H15F2NO/c1-10-6-11(4-5-18)2-3-15(10)19-14-8-12(16)7-13(17)9-14/h2-3,6-9H,4-5,18H2,1H3. The summed E-state index contributed by atoms with van der Waals surface area (Å²) in [5, 5.41) is 0. The molecule has 0 radical (unpaired) electrons. The first-order valence-corrected chi connectivity index (χ1v) is 6.02. The Morgan fingerprint density at radius 1 is 1.05 bits per heavy atom. The molecule has 4 heteroatoms. The number of ether oxygens (including phenoxy) is 1. The Labute approximate surface area is 110 Å². The van der Waals surface area contributed by atoms with Crippen molar-refractivity contribution >= 4 is 0 Å². The van der Waals surface area contributed by atoms with Gasteiger partial charge >= 0.3 is 0 Å². The van der Waals surface area contributed by atoms with Gasteiger partial charge in [-0.3, -0.25) is 0 Å². The van der Waals surface area contributed by atoms with Crippen LogP contribution in [-0.4, -0.2) is 6.54 Å². The molecule has 2 rings (SSSR count). The minimum absolute atomic E-state index is 0.146. The second-order valence-corrected chi connectivity index (χ2v) is 4.35. The van der Waals surface area contributed by atoms with Gasteiger partial charge in [0.25, 0.3) is 0 Å². The summed E-state index contributed by atoms with van der Waals surface area (Å²) >= 11 is 0. The molecule has 0 aromatic heterocycles. The Balaban J connectivity index is 2.23. The van der Waals surface area contributed by atoms with Crippen molar-refractivity contribution < 1.29 is 13.5 Å². The van der Waals surface area contributed by atoms with Crippen LogP contribution in [0, 0.1) is 18.6 Å². The highest BCUT2D eigenvalue weighted by molar-refractivity contribution is 5.40. The van der Waals surface area contributed by atoms with Crippen LogP contribution in [0.5, 0.6) is 11.5 Å². The van der Waals surface area contributed by atoms with E-state index in [0.29, 0.717) is 12.3 Å².